The largest absolute Gasteiger partial charge is 0.466 e. The van der Waals surface area contributed by atoms with Gasteiger partial charge in [0.25, 0.3) is 0 Å². The van der Waals surface area contributed by atoms with Gasteiger partial charge in [0, 0.05) is 45.1 Å². The molecular formula is C48H62N2O5. The van der Waals surface area contributed by atoms with E-state index in [2.05, 4.69) is 126 Å². The van der Waals surface area contributed by atoms with E-state index in [4.69, 9.17) is 9.47 Å². The first-order valence-corrected chi connectivity index (χ1v) is 20.3. The Morgan fingerprint density at radius 3 is 1.40 bits per heavy atom. The Kier molecular flexibility index (Phi) is 18.9. The molecule has 5 atom stereocenters. The summed E-state index contributed by atoms with van der Waals surface area (Å²) in [4.78, 5) is 37.5. The number of hydrogen-bond donors (Lipinski definition) is 1. The zero-order valence-electron chi connectivity index (χ0n) is 33.4. The molecule has 294 valence electrons. The SMILES string of the molecule is CCOC(=O)C1CC(=O)CC1CC.CCOC(=O)C1CC(N(Cc2ccccc2)Cc2ccccc2)CC1CC.c1ccc(CNCc2ccccc2)cc1. The van der Waals surface area contributed by atoms with Gasteiger partial charge >= 0.3 is 11.9 Å². The summed E-state index contributed by atoms with van der Waals surface area (Å²) in [6, 6.07) is 42.6. The summed E-state index contributed by atoms with van der Waals surface area (Å²) in [7, 11) is 0. The average Bonchev–Trinajstić information content (AvgIpc) is 3.84. The first kappa shape index (κ1) is 43.1. The summed E-state index contributed by atoms with van der Waals surface area (Å²) < 4.78 is 10.3. The van der Waals surface area contributed by atoms with Crippen LogP contribution in [0, 0.1) is 23.7 Å². The Hall–Kier alpha value is -4.59. The standard InChI is InChI=1S/C24H31NO2.C14H15N.C10H16O3/c1-3-21-15-22(16-23(21)24(26)27-4-2)25(17-19-11-7-5-8-12-19)18-20-13-9-6-10-14-20;1-3-7-13(8-4-1)11-15-12-14-9-5-2-6-10-14;1-3-7-5-8(11)6-9(7)10(12)13-4-2/h5-14,21-23H,3-4,15-18H2,1-2H3;1-10,15H,11-12H2;7,9H,3-6H2,1-2H3. The van der Waals surface area contributed by atoms with Crippen LogP contribution in [0.15, 0.2) is 121 Å². The zero-order chi connectivity index (χ0) is 39.3. The van der Waals surface area contributed by atoms with E-state index in [0.717, 1.165) is 51.9 Å². The van der Waals surface area contributed by atoms with Crippen LogP contribution < -0.4 is 5.32 Å². The molecule has 7 nitrogen and oxygen atoms in total. The van der Waals surface area contributed by atoms with Gasteiger partial charge in [-0.2, -0.15) is 0 Å². The fourth-order valence-corrected chi connectivity index (χ4v) is 7.76. The van der Waals surface area contributed by atoms with Gasteiger partial charge < -0.3 is 14.8 Å². The van der Waals surface area contributed by atoms with E-state index >= 15 is 0 Å². The fourth-order valence-electron chi connectivity index (χ4n) is 7.76. The van der Waals surface area contributed by atoms with Gasteiger partial charge in [0.05, 0.1) is 25.0 Å². The maximum atomic E-state index is 12.5. The molecule has 0 amide bonds. The van der Waals surface area contributed by atoms with Crippen LogP contribution in [0.5, 0.6) is 0 Å². The molecule has 4 aromatic carbocycles. The van der Waals surface area contributed by atoms with Gasteiger partial charge in [-0.1, -0.05) is 148 Å². The van der Waals surface area contributed by atoms with Crippen molar-refractivity contribution in [2.75, 3.05) is 13.2 Å². The van der Waals surface area contributed by atoms with Gasteiger partial charge in [-0.25, -0.2) is 0 Å². The second-order valence-corrected chi connectivity index (χ2v) is 14.6. The van der Waals surface area contributed by atoms with Crippen molar-refractivity contribution in [3.05, 3.63) is 144 Å². The van der Waals surface area contributed by atoms with E-state index in [-0.39, 0.29) is 35.5 Å². The number of nitrogens with one attached hydrogen (secondary N) is 1. The molecule has 2 aliphatic rings. The quantitative estimate of drug-likeness (QED) is 0.121. The molecule has 55 heavy (non-hydrogen) atoms. The number of carbonyl (C=O) groups is 3. The van der Waals surface area contributed by atoms with E-state index < -0.39 is 0 Å². The Morgan fingerprint density at radius 1 is 0.564 bits per heavy atom. The van der Waals surface area contributed by atoms with Crippen molar-refractivity contribution in [2.45, 2.75) is 98.4 Å². The molecule has 0 aliphatic heterocycles. The molecule has 0 heterocycles. The van der Waals surface area contributed by atoms with Crippen molar-refractivity contribution < 1.29 is 23.9 Å². The zero-order valence-corrected chi connectivity index (χ0v) is 33.4. The number of carbonyl (C=O) groups excluding carboxylic acids is 3. The number of hydrogen-bond acceptors (Lipinski definition) is 7. The van der Waals surface area contributed by atoms with E-state index in [1.807, 2.05) is 26.0 Å². The highest BCUT2D eigenvalue weighted by Crippen LogP contribution is 2.39. The lowest BCUT2D eigenvalue weighted by molar-refractivity contribution is -0.150. The number of nitrogens with zero attached hydrogens (tertiary/aromatic N) is 1. The molecule has 4 aromatic rings. The number of esters is 2. The molecule has 6 rings (SSSR count). The van der Waals surface area contributed by atoms with Crippen LogP contribution in [-0.2, 0) is 50.0 Å². The first-order valence-electron chi connectivity index (χ1n) is 20.3. The van der Waals surface area contributed by atoms with Crippen LogP contribution in [0.1, 0.15) is 88.5 Å². The smallest absolute Gasteiger partial charge is 0.309 e. The lowest BCUT2D eigenvalue weighted by Gasteiger charge is -2.29. The minimum Gasteiger partial charge on any atom is -0.466 e. The number of ketones is 1. The van der Waals surface area contributed by atoms with Gasteiger partial charge in [0.1, 0.15) is 5.78 Å². The highest BCUT2D eigenvalue weighted by Gasteiger charge is 2.41. The second-order valence-electron chi connectivity index (χ2n) is 14.6. The molecule has 0 spiro atoms. The molecule has 2 aliphatic carbocycles. The Balaban J connectivity index is 0.000000202. The van der Waals surface area contributed by atoms with Crippen molar-refractivity contribution in [2.24, 2.45) is 23.7 Å². The van der Waals surface area contributed by atoms with E-state index in [1.54, 1.807) is 6.92 Å². The predicted octanol–water partition coefficient (Wildman–Crippen LogP) is 9.59. The maximum Gasteiger partial charge on any atom is 0.309 e. The molecule has 0 bridgehead atoms. The number of benzene rings is 4. The van der Waals surface area contributed by atoms with Gasteiger partial charge in [-0.05, 0) is 60.8 Å². The summed E-state index contributed by atoms with van der Waals surface area (Å²) in [5.41, 5.74) is 5.30. The lowest BCUT2D eigenvalue weighted by Crippen LogP contribution is -2.33. The molecular weight excluding hydrogens is 685 g/mol. The fraction of sp³-hybridized carbons (Fsp3) is 0.438. The van der Waals surface area contributed by atoms with Crippen molar-refractivity contribution in [1.82, 2.24) is 10.2 Å². The van der Waals surface area contributed by atoms with Crippen molar-refractivity contribution in [3.8, 4) is 0 Å². The van der Waals surface area contributed by atoms with E-state index in [9.17, 15) is 14.4 Å². The summed E-state index contributed by atoms with van der Waals surface area (Å²) in [6.45, 7) is 12.4. The monoisotopic (exact) mass is 746 g/mol. The average molecular weight is 747 g/mol. The topological polar surface area (TPSA) is 84.9 Å². The predicted molar refractivity (Wildman–Crippen MR) is 221 cm³/mol. The summed E-state index contributed by atoms with van der Waals surface area (Å²) >= 11 is 0. The van der Waals surface area contributed by atoms with Crippen LogP contribution in [0.25, 0.3) is 0 Å². The van der Waals surface area contributed by atoms with Crippen LogP contribution in [0.2, 0.25) is 0 Å². The van der Waals surface area contributed by atoms with Crippen molar-refractivity contribution in [1.29, 1.82) is 0 Å². The highest BCUT2D eigenvalue weighted by atomic mass is 16.5. The van der Waals surface area contributed by atoms with Crippen molar-refractivity contribution >= 4 is 17.7 Å². The molecule has 2 fully saturated rings. The van der Waals surface area contributed by atoms with Gasteiger partial charge in [-0.15, -0.1) is 0 Å². The molecule has 5 unspecified atom stereocenters. The highest BCUT2D eigenvalue weighted by molar-refractivity contribution is 5.88. The number of ether oxygens (including phenoxy) is 2. The van der Waals surface area contributed by atoms with Crippen LogP contribution >= 0.6 is 0 Å². The lowest BCUT2D eigenvalue weighted by atomic mass is 9.94. The van der Waals surface area contributed by atoms with Crippen LogP contribution in [-0.4, -0.2) is 41.9 Å². The van der Waals surface area contributed by atoms with E-state index in [0.29, 0.717) is 38.0 Å². The summed E-state index contributed by atoms with van der Waals surface area (Å²) in [5, 5.41) is 3.42. The van der Waals surface area contributed by atoms with Gasteiger partial charge in [0.15, 0.2) is 0 Å². The normalized spacial score (nSPS) is 20.2. The molecule has 0 aromatic heterocycles. The van der Waals surface area contributed by atoms with Gasteiger partial charge in [0.2, 0.25) is 0 Å². The minimum atomic E-state index is -0.194. The molecule has 0 radical (unpaired) electrons. The second kappa shape index (κ2) is 24.0. The number of rotatable bonds is 15. The van der Waals surface area contributed by atoms with Crippen LogP contribution in [0.4, 0.5) is 0 Å². The third-order valence-electron chi connectivity index (χ3n) is 10.7. The summed E-state index contributed by atoms with van der Waals surface area (Å²) in [5.74, 6) is 0.498. The summed E-state index contributed by atoms with van der Waals surface area (Å²) in [6.07, 6.45) is 4.83. The first-order chi connectivity index (χ1) is 26.8. The Bertz CT molecular complexity index is 1590. The third-order valence-corrected chi connectivity index (χ3v) is 10.7. The maximum absolute atomic E-state index is 12.5. The molecule has 2 saturated carbocycles. The Labute approximate surface area is 329 Å². The molecule has 1 N–H and O–H groups in total. The van der Waals surface area contributed by atoms with E-state index in [1.165, 1.54) is 22.3 Å². The molecule has 7 heteroatoms. The minimum absolute atomic E-state index is 0.00813. The van der Waals surface area contributed by atoms with Gasteiger partial charge in [-0.3, -0.25) is 19.3 Å². The third kappa shape index (κ3) is 14.5. The van der Waals surface area contributed by atoms with Crippen molar-refractivity contribution in [3.63, 3.8) is 0 Å². The Morgan fingerprint density at radius 2 is 0.982 bits per heavy atom. The van der Waals surface area contributed by atoms with Crippen LogP contribution in [0.3, 0.4) is 0 Å². The number of Topliss-reactive ketones (excluding diaryl/α,β-unsaturated/α-hetero) is 1. The molecule has 0 saturated heterocycles.